The molecule has 17 heavy (non-hydrogen) atoms. The van der Waals surface area contributed by atoms with E-state index in [0.29, 0.717) is 11.3 Å². The van der Waals surface area contributed by atoms with Gasteiger partial charge in [0.1, 0.15) is 11.5 Å². The normalized spacial score (nSPS) is 10.5. The Morgan fingerprint density at radius 2 is 2.29 bits per heavy atom. The van der Waals surface area contributed by atoms with Crippen LogP contribution in [-0.2, 0) is 6.42 Å². The number of Topliss-reactive ketones (excluding diaryl/α,β-unsaturated/α-hetero) is 1. The molecule has 1 aromatic heterocycles. The fourth-order valence-corrected chi connectivity index (χ4v) is 2.15. The van der Waals surface area contributed by atoms with Crippen molar-refractivity contribution < 1.29 is 9.18 Å². The zero-order chi connectivity index (χ0) is 12.4. The zero-order valence-corrected chi connectivity index (χ0v) is 10.6. The van der Waals surface area contributed by atoms with Crippen molar-refractivity contribution in [3.8, 4) is 0 Å². The van der Waals surface area contributed by atoms with Gasteiger partial charge in [0.15, 0.2) is 5.78 Å². The third-order valence-electron chi connectivity index (χ3n) is 2.25. The second-order valence-electron chi connectivity index (χ2n) is 3.60. The van der Waals surface area contributed by atoms with E-state index in [-0.39, 0.29) is 17.2 Å². The van der Waals surface area contributed by atoms with Gasteiger partial charge in [-0.15, -0.1) is 11.3 Å². The molecule has 0 fully saturated rings. The van der Waals surface area contributed by atoms with Gasteiger partial charge in [-0.25, -0.2) is 9.37 Å². The fourth-order valence-electron chi connectivity index (χ4n) is 1.42. The maximum absolute atomic E-state index is 13.2. The van der Waals surface area contributed by atoms with Gasteiger partial charge >= 0.3 is 0 Å². The van der Waals surface area contributed by atoms with E-state index in [9.17, 15) is 9.18 Å². The van der Waals surface area contributed by atoms with Crippen molar-refractivity contribution in [3.63, 3.8) is 0 Å². The predicted molar refractivity (Wildman–Crippen MR) is 66.3 cm³/mol. The predicted octanol–water partition coefficient (Wildman–Crippen LogP) is 3.67. The van der Waals surface area contributed by atoms with E-state index in [4.69, 9.17) is 11.6 Å². The number of carbonyl (C=O) groups is 1. The Kier molecular flexibility index (Phi) is 3.54. The van der Waals surface area contributed by atoms with Gasteiger partial charge in [-0.2, -0.15) is 0 Å². The van der Waals surface area contributed by atoms with Gasteiger partial charge in [-0.1, -0.05) is 17.7 Å². The second-order valence-corrected chi connectivity index (χ2v) is 5.07. The van der Waals surface area contributed by atoms with Gasteiger partial charge in [-0.05, 0) is 24.6 Å². The van der Waals surface area contributed by atoms with Gasteiger partial charge in [0, 0.05) is 11.8 Å². The number of benzene rings is 1. The van der Waals surface area contributed by atoms with Crippen molar-refractivity contribution in [2.45, 2.75) is 13.3 Å². The molecule has 0 aliphatic heterocycles. The smallest absolute Gasteiger partial charge is 0.186 e. The van der Waals surface area contributed by atoms with Crippen molar-refractivity contribution in [1.82, 2.24) is 4.98 Å². The van der Waals surface area contributed by atoms with E-state index in [1.807, 2.05) is 6.92 Å². The maximum Gasteiger partial charge on any atom is 0.186 e. The minimum absolute atomic E-state index is 0.0608. The molecular formula is C12H9ClFNOS. The highest BCUT2D eigenvalue weighted by molar-refractivity contribution is 7.09. The number of hydrogen-bond donors (Lipinski definition) is 0. The van der Waals surface area contributed by atoms with E-state index in [1.165, 1.54) is 23.5 Å². The quantitative estimate of drug-likeness (QED) is 0.796. The van der Waals surface area contributed by atoms with Crippen molar-refractivity contribution in [1.29, 1.82) is 0 Å². The first-order valence-electron chi connectivity index (χ1n) is 4.95. The Bertz CT molecular complexity index is 567. The van der Waals surface area contributed by atoms with Gasteiger partial charge in [0.2, 0.25) is 0 Å². The monoisotopic (exact) mass is 269 g/mol. The minimum Gasteiger partial charge on any atom is -0.292 e. The lowest BCUT2D eigenvalue weighted by Gasteiger charge is -2.00. The van der Waals surface area contributed by atoms with Crippen LogP contribution in [0.3, 0.4) is 0 Å². The molecule has 0 saturated heterocycles. The number of aryl methyl sites for hydroxylation is 1. The Morgan fingerprint density at radius 3 is 2.88 bits per heavy atom. The Labute approximate surface area is 107 Å². The average Bonchev–Trinajstić information content (AvgIpc) is 2.70. The lowest BCUT2D eigenvalue weighted by atomic mass is 10.1. The average molecular weight is 270 g/mol. The molecule has 1 aromatic carbocycles. The summed E-state index contributed by atoms with van der Waals surface area (Å²) in [6.45, 7) is 1.84. The van der Waals surface area contributed by atoms with Gasteiger partial charge in [0.25, 0.3) is 0 Å². The summed E-state index contributed by atoms with van der Waals surface area (Å²) in [5, 5.41) is 2.62. The summed E-state index contributed by atoms with van der Waals surface area (Å²) < 4.78 is 13.2. The molecule has 2 rings (SSSR count). The third-order valence-corrected chi connectivity index (χ3v) is 3.33. The van der Waals surface area contributed by atoms with Crippen molar-refractivity contribution in [2.24, 2.45) is 0 Å². The topological polar surface area (TPSA) is 30.0 Å². The zero-order valence-electron chi connectivity index (χ0n) is 9.04. The van der Waals surface area contributed by atoms with E-state index in [0.717, 1.165) is 5.01 Å². The van der Waals surface area contributed by atoms with Crippen molar-refractivity contribution >= 4 is 28.7 Å². The largest absolute Gasteiger partial charge is 0.292 e. The van der Waals surface area contributed by atoms with E-state index in [2.05, 4.69) is 4.98 Å². The lowest BCUT2D eigenvalue weighted by Crippen LogP contribution is -2.04. The molecule has 0 N–H and O–H groups in total. The summed E-state index contributed by atoms with van der Waals surface area (Å²) in [4.78, 5) is 15.9. The number of thiazole rings is 1. The molecule has 0 bridgehead atoms. The first-order valence-corrected chi connectivity index (χ1v) is 6.21. The van der Waals surface area contributed by atoms with Crippen LogP contribution in [-0.4, -0.2) is 10.8 Å². The molecule has 0 atom stereocenters. The van der Waals surface area contributed by atoms with Crippen LogP contribution in [0.2, 0.25) is 5.02 Å². The Morgan fingerprint density at radius 1 is 1.53 bits per heavy atom. The van der Waals surface area contributed by atoms with Crippen LogP contribution in [0.5, 0.6) is 0 Å². The third kappa shape index (κ3) is 2.90. The Hall–Kier alpha value is -1.26. The summed E-state index contributed by atoms with van der Waals surface area (Å²) in [5.41, 5.74) is 1.03. The maximum atomic E-state index is 13.2. The molecule has 1 heterocycles. The van der Waals surface area contributed by atoms with Gasteiger partial charge in [-0.3, -0.25) is 4.79 Å². The van der Waals surface area contributed by atoms with Crippen molar-refractivity contribution in [2.75, 3.05) is 0 Å². The molecule has 0 radical (unpaired) electrons. The van der Waals surface area contributed by atoms with E-state index in [1.54, 1.807) is 11.4 Å². The van der Waals surface area contributed by atoms with Crippen LogP contribution in [0.4, 0.5) is 4.39 Å². The Balaban J connectivity index is 2.15. The van der Waals surface area contributed by atoms with Crippen LogP contribution in [0.25, 0.3) is 0 Å². The molecule has 0 spiro atoms. The molecule has 2 aromatic rings. The fraction of sp³-hybridized carbons (Fsp3) is 0.167. The number of rotatable bonds is 3. The van der Waals surface area contributed by atoms with Crippen LogP contribution >= 0.6 is 22.9 Å². The number of nitrogens with zero attached hydrogens (tertiary/aromatic N) is 1. The van der Waals surface area contributed by atoms with Gasteiger partial charge in [0.05, 0.1) is 10.0 Å². The van der Waals surface area contributed by atoms with Gasteiger partial charge < -0.3 is 0 Å². The molecule has 88 valence electrons. The molecule has 0 unspecified atom stereocenters. The number of carbonyl (C=O) groups excluding carboxylic acids is 1. The molecule has 2 nitrogen and oxygen atoms in total. The summed E-state index contributed by atoms with van der Waals surface area (Å²) in [6.07, 6.45) is 0.136. The highest BCUT2D eigenvalue weighted by Crippen LogP contribution is 2.17. The summed E-state index contributed by atoms with van der Waals surface area (Å²) >= 11 is 6.99. The highest BCUT2D eigenvalue weighted by atomic mass is 35.5. The number of ketones is 1. The highest BCUT2D eigenvalue weighted by Gasteiger charge is 2.11. The number of aromatic nitrogens is 1. The molecule has 5 heteroatoms. The second kappa shape index (κ2) is 4.94. The first kappa shape index (κ1) is 12.2. The van der Waals surface area contributed by atoms with Crippen LogP contribution in [0.15, 0.2) is 23.6 Å². The first-order chi connectivity index (χ1) is 8.06. The van der Waals surface area contributed by atoms with Crippen molar-refractivity contribution in [3.05, 3.63) is 50.7 Å². The number of halogens is 2. The molecule has 0 amide bonds. The van der Waals surface area contributed by atoms with Crippen LogP contribution in [0.1, 0.15) is 21.1 Å². The lowest BCUT2D eigenvalue weighted by molar-refractivity contribution is 0.0988. The van der Waals surface area contributed by atoms with E-state index < -0.39 is 5.82 Å². The summed E-state index contributed by atoms with van der Waals surface area (Å²) in [7, 11) is 0. The molecular weight excluding hydrogens is 261 g/mol. The molecule has 0 saturated carbocycles. The molecule has 0 aliphatic carbocycles. The van der Waals surface area contributed by atoms with Crippen LogP contribution < -0.4 is 0 Å². The minimum atomic E-state index is -0.508. The standard InChI is InChI=1S/C12H9ClFNOS/c1-7-15-11(6-17-7)12(16)5-8-2-3-9(13)10(14)4-8/h2-4,6H,5H2,1H3. The number of hydrogen-bond acceptors (Lipinski definition) is 3. The SMILES string of the molecule is Cc1nc(C(=O)Cc2ccc(Cl)c(F)c2)cs1. The van der Waals surface area contributed by atoms with E-state index >= 15 is 0 Å². The summed E-state index contributed by atoms with van der Waals surface area (Å²) in [6, 6.07) is 4.37. The summed E-state index contributed by atoms with van der Waals surface area (Å²) in [5.74, 6) is -0.623. The van der Waals surface area contributed by atoms with Crippen LogP contribution in [0, 0.1) is 12.7 Å². The molecule has 0 aliphatic rings.